The molecule has 7 heteroatoms. The molecule has 3 rings (SSSR count). The molecule has 1 aliphatic rings. The Morgan fingerprint density at radius 3 is 2.80 bits per heavy atom. The zero-order chi connectivity index (χ0) is 14.3. The Bertz CT molecular complexity index is 637. The number of halogens is 3. The van der Waals surface area contributed by atoms with Gasteiger partial charge in [0.15, 0.2) is 0 Å². The summed E-state index contributed by atoms with van der Waals surface area (Å²) < 4.78 is 40.6. The van der Waals surface area contributed by atoms with Crippen molar-refractivity contribution in [2.75, 3.05) is 0 Å². The summed E-state index contributed by atoms with van der Waals surface area (Å²) in [7, 11) is 0. The SMILES string of the molecule is O=C(c1ccn(Cc2cncn2C2CC2)c1)C(F)(F)F. The average Bonchev–Trinajstić information content (AvgIpc) is 2.94. The van der Waals surface area contributed by atoms with Gasteiger partial charge < -0.3 is 9.13 Å². The van der Waals surface area contributed by atoms with Crippen LogP contribution in [0.3, 0.4) is 0 Å². The van der Waals surface area contributed by atoms with Crippen molar-refractivity contribution in [3.05, 3.63) is 42.2 Å². The summed E-state index contributed by atoms with van der Waals surface area (Å²) in [6.45, 7) is 0.404. The van der Waals surface area contributed by atoms with E-state index in [1.807, 2.05) is 4.57 Å². The molecular formula is C13H12F3N3O. The van der Waals surface area contributed by atoms with Crippen molar-refractivity contribution < 1.29 is 18.0 Å². The smallest absolute Gasteiger partial charge is 0.348 e. The van der Waals surface area contributed by atoms with Gasteiger partial charge in [0.25, 0.3) is 5.78 Å². The molecule has 0 aromatic carbocycles. The first-order chi connectivity index (χ1) is 9.45. The number of rotatable bonds is 4. The summed E-state index contributed by atoms with van der Waals surface area (Å²) in [5, 5.41) is 0. The second kappa shape index (κ2) is 4.50. The lowest BCUT2D eigenvalue weighted by atomic mass is 10.2. The van der Waals surface area contributed by atoms with E-state index in [4.69, 9.17) is 0 Å². The third-order valence-electron chi connectivity index (χ3n) is 3.30. The molecule has 0 spiro atoms. The fraction of sp³-hybridized carbons (Fsp3) is 0.385. The predicted molar refractivity (Wildman–Crippen MR) is 64.4 cm³/mol. The van der Waals surface area contributed by atoms with E-state index in [1.54, 1.807) is 17.1 Å². The van der Waals surface area contributed by atoms with Gasteiger partial charge in [-0.25, -0.2) is 4.98 Å². The molecule has 0 atom stereocenters. The Kier molecular flexibility index (Phi) is 2.92. The molecule has 0 N–H and O–H groups in total. The monoisotopic (exact) mass is 283 g/mol. The molecule has 1 aliphatic carbocycles. The van der Waals surface area contributed by atoms with Crippen LogP contribution in [0, 0.1) is 0 Å². The maximum atomic E-state index is 12.3. The summed E-state index contributed by atoms with van der Waals surface area (Å²) in [5.74, 6) is -1.81. The van der Waals surface area contributed by atoms with E-state index in [9.17, 15) is 18.0 Å². The molecule has 0 aliphatic heterocycles. The van der Waals surface area contributed by atoms with Gasteiger partial charge in [-0.2, -0.15) is 13.2 Å². The molecule has 0 bridgehead atoms. The maximum Gasteiger partial charge on any atom is 0.454 e. The Morgan fingerprint density at radius 1 is 1.40 bits per heavy atom. The lowest BCUT2D eigenvalue weighted by Gasteiger charge is -2.07. The van der Waals surface area contributed by atoms with E-state index < -0.39 is 12.0 Å². The number of alkyl halides is 3. The van der Waals surface area contributed by atoms with E-state index in [-0.39, 0.29) is 5.56 Å². The molecule has 1 fully saturated rings. The van der Waals surface area contributed by atoms with Gasteiger partial charge in [0, 0.05) is 30.2 Å². The zero-order valence-corrected chi connectivity index (χ0v) is 10.5. The van der Waals surface area contributed by atoms with Crippen LogP contribution in [-0.4, -0.2) is 26.1 Å². The number of Topliss-reactive ketones (excluding diaryl/α,β-unsaturated/α-hetero) is 1. The minimum absolute atomic E-state index is 0.338. The molecule has 0 amide bonds. The quantitative estimate of drug-likeness (QED) is 0.809. The van der Waals surface area contributed by atoms with Crippen LogP contribution in [0.2, 0.25) is 0 Å². The van der Waals surface area contributed by atoms with Crippen LogP contribution in [0.1, 0.15) is 34.9 Å². The van der Waals surface area contributed by atoms with Gasteiger partial charge in [0.2, 0.25) is 0 Å². The summed E-state index contributed by atoms with van der Waals surface area (Å²) in [6, 6.07) is 1.65. The first-order valence-electron chi connectivity index (χ1n) is 6.23. The van der Waals surface area contributed by atoms with Crippen LogP contribution in [0.25, 0.3) is 0 Å². The third-order valence-corrected chi connectivity index (χ3v) is 3.30. The Balaban J connectivity index is 1.77. The minimum atomic E-state index is -4.83. The number of aromatic nitrogens is 3. The van der Waals surface area contributed by atoms with E-state index in [0.717, 1.165) is 18.5 Å². The molecule has 0 unspecified atom stereocenters. The lowest BCUT2D eigenvalue weighted by molar-refractivity contribution is -0.0885. The molecule has 0 radical (unpaired) electrons. The molecule has 2 heterocycles. The first kappa shape index (κ1) is 13.0. The summed E-state index contributed by atoms with van der Waals surface area (Å²) in [4.78, 5) is 15.2. The molecule has 2 aromatic heterocycles. The number of hydrogen-bond donors (Lipinski definition) is 0. The normalized spacial score (nSPS) is 15.6. The van der Waals surface area contributed by atoms with Crippen LogP contribution in [0.5, 0.6) is 0 Å². The number of imidazole rings is 1. The lowest BCUT2D eigenvalue weighted by Crippen LogP contribution is -2.22. The molecule has 106 valence electrons. The number of carbonyl (C=O) groups excluding carboxylic acids is 1. The molecular weight excluding hydrogens is 271 g/mol. The first-order valence-corrected chi connectivity index (χ1v) is 6.23. The van der Waals surface area contributed by atoms with Crippen LogP contribution in [-0.2, 0) is 6.54 Å². The molecule has 20 heavy (non-hydrogen) atoms. The molecule has 1 saturated carbocycles. The van der Waals surface area contributed by atoms with Crippen molar-refractivity contribution in [2.45, 2.75) is 31.6 Å². The van der Waals surface area contributed by atoms with Gasteiger partial charge in [-0.3, -0.25) is 4.79 Å². The van der Waals surface area contributed by atoms with Gasteiger partial charge >= 0.3 is 6.18 Å². The van der Waals surface area contributed by atoms with Crippen LogP contribution < -0.4 is 0 Å². The van der Waals surface area contributed by atoms with Gasteiger partial charge in [0.1, 0.15) is 0 Å². The summed E-state index contributed by atoms with van der Waals surface area (Å²) in [6.07, 6.45) is 3.51. The number of hydrogen-bond acceptors (Lipinski definition) is 2. The highest BCUT2D eigenvalue weighted by Gasteiger charge is 2.39. The van der Waals surface area contributed by atoms with Crippen LogP contribution >= 0.6 is 0 Å². The van der Waals surface area contributed by atoms with Crippen molar-refractivity contribution in [2.24, 2.45) is 0 Å². The highest BCUT2D eigenvalue weighted by atomic mass is 19.4. The summed E-state index contributed by atoms with van der Waals surface area (Å²) >= 11 is 0. The van der Waals surface area contributed by atoms with Gasteiger partial charge in [-0.1, -0.05) is 0 Å². The Hall–Kier alpha value is -2.05. The fourth-order valence-electron chi connectivity index (χ4n) is 2.16. The highest BCUT2D eigenvalue weighted by molar-refractivity contribution is 6.00. The van der Waals surface area contributed by atoms with E-state index >= 15 is 0 Å². The van der Waals surface area contributed by atoms with Crippen LogP contribution in [0.15, 0.2) is 31.0 Å². The van der Waals surface area contributed by atoms with Crippen LogP contribution in [0.4, 0.5) is 13.2 Å². The number of ketones is 1. The highest BCUT2D eigenvalue weighted by Crippen LogP contribution is 2.35. The molecule has 2 aromatic rings. The predicted octanol–water partition coefficient (Wildman–Crippen LogP) is 2.81. The average molecular weight is 283 g/mol. The summed E-state index contributed by atoms with van der Waals surface area (Å²) in [5.41, 5.74) is 0.587. The van der Waals surface area contributed by atoms with Crippen molar-refractivity contribution >= 4 is 5.78 Å². The van der Waals surface area contributed by atoms with Crippen molar-refractivity contribution in [3.8, 4) is 0 Å². The second-order valence-corrected chi connectivity index (χ2v) is 4.92. The zero-order valence-electron chi connectivity index (χ0n) is 10.5. The molecule has 0 saturated heterocycles. The minimum Gasteiger partial charge on any atom is -0.348 e. The fourth-order valence-corrected chi connectivity index (χ4v) is 2.16. The third kappa shape index (κ3) is 2.48. The van der Waals surface area contributed by atoms with Gasteiger partial charge in [-0.15, -0.1) is 0 Å². The Labute approximate surface area is 112 Å². The largest absolute Gasteiger partial charge is 0.454 e. The van der Waals surface area contributed by atoms with Crippen molar-refractivity contribution in [1.82, 2.24) is 14.1 Å². The second-order valence-electron chi connectivity index (χ2n) is 4.92. The Morgan fingerprint density at radius 2 is 2.15 bits per heavy atom. The van der Waals surface area contributed by atoms with Crippen molar-refractivity contribution in [3.63, 3.8) is 0 Å². The number of nitrogens with zero attached hydrogens (tertiary/aromatic N) is 3. The topological polar surface area (TPSA) is 39.8 Å². The standard InChI is InChI=1S/C13H12F3N3O/c14-13(15,16)12(20)9-3-4-18(6-9)7-11-5-17-8-19(11)10-1-2-10/h3-6,8,10H,1-2,7H2. The van der Waals surface area contributed by atoms with E-state index in [2.05, 4.69) is 4.98 Å². The number of carbonyl (C=O) groups is 1. The van der Waals surface area contributed by atoms with Gasteiger partial charge in [-0.05, 0) is 18.9 Å². The molecule has 4 nitrogen and oxygen atoms in total. The van der Waals surface area contributed by atoms with E-state index in [0.29, 0.717) is 12.6 Å². The van der Waals surface area contributed by atoms with Crippen molar-refractivity contribution in [1.29, 1.82) is 0 Å². The van der Waals surface area contributed by atoms with Gasteiger partial charge in [0.05, 0.1) is 18.6 Å². The maximum absolute atomic E-state index is 12.3. The van der Waals surface area contributed by atoms with E-state index in [1.165, 1.54) is 18.5 Å².